The molecule has 0 aromatic heterocycles. The number of rotatable bonds is 9. The van der Waals surface area contributed by atoms with Gasteiger partial charge in [0, 0.05) is 50.5 Å². The van der Waals surface area contributed by atoms with Crippen molar-refractivity contribution in [2.24, 2.45) is 0 Å². The molecular weight excluding hydrogens is 392 g/mol. The fraction of sp³-hybridized carbons (Fsp3) is 0.455. The Morgan fingerprint density at radius 3 is 2.28 bits per heavy atom. The van der Waals surface area contributed by atoms with Crippen molar-refractivity contribution >= 4 is 12.4 Å². The summed E-state index contributed by atoms with van der Waals surface area (Å²) in [7, 11) is 3.26. The molecule has 0 spiro atoms. The number of hydrogen-bond donors (Lipinski definition) is 2. The quantitative estimate of drug-likeness (QED) is 0.647. The van der Waals surface area contributed by atoms with Crippen molar-refractivity contribution in [3.63, 3.8) is 0 Å². The van der Waals surface area contributed by atoms with Gasteiger partial charge in [-0.25, -0.2) is 0 Å². The van der Waals surface area contributed by atoms with Gasteiger partial charge in [0.15, 0.2) is 11.5 Å². The Morgan fingerprint density at radius 2 is 1.66 bits per heavy atom. The summed E-state index contributed by atoms with van der Waals surface area (Å²) in [6, 6.07) is 14.0. The molecule has 7 heteroatoms. The number of aliphatic hydroxyl groups excluding tert-OH is 1. The van der Waals surface area contributed by atoms with Gasteiger partial charge in [0.1, 0.15) is 12.4 Å². The average Bonchev–Trinajstić information content (AvgIpc) is 2.77. The fourth-order valence-corrected chi connectivity index (χ4v) is 3.65. The van der Waals surface area contributed by atoms with E-state index < -0.39 is 0 Å². The van der Waals surface area contributed by atoms with Gasteiger partial charge in [-0.05, 0) is 18.1 Å². The van der Waals surface area contributed by atoms with Crippen molar-refractivity contribution in [3.05, 3.63) is 53.6 Å². The largest absolute Gasteiger partial charge is 0.493 e. The summed E-state index contributed by atoms with van der Waals surface area (Å²) in [5, 5.41) is 13.1. The van der Waals surface area contributed by atoms with Crippen molar-refractivity contribution in [3.8, 4) is 17.2 Å². The van der Waals surface area contributed by atoms with Gasteiger partial charge in [-0.1, -0.05) is 30.3 Å². The molecule has 0 aliphatic carbocycles. The zero-order valence-corrected chi connectivity index (χ0v) is 17.9. The van der Waals surface area contributed by atoms with Gasteiger partial charge in [-0.2, -0.15) is 0 Å². The zero-order valence-electron chi connectivity index (χ0n) is 17.1. The van der Waals surface area contributed by atoms with Gasteiger partial charge in [-0.15, -0.1) is 12.4 Å². The SMILES string of the molecule is COc1cc(OCc2ccccc2)c([C@@H](CCO)N2CCNCC2)cc1OC.Cl. The Labute approximate surface area is 179 Å². The van der Waals surface area contributed by atoms with E-state index in [1.54, 1.807) is 14.2 Å². The van der Waals surface area contributed by atoms with E-state index in [1.165, 1.54) is 0 Å². The Hall–Kier alpha value is -1.99. The van der Waals surface area contributed by atoms with Crippen LogP contribution in [0.4, 0.5) is 0 Å². The number of ether oxygens (including phenoxy) is 3. The van der Waals surface area contributed by atoms with E-state index in [9.17, 15) is 5.11 Å². The lowest BCUT2D eigenvalue weighted by Crippen LogP contribution is -2.45. The molecule has 2 aromatic carbocycles. The average molecular weight is 423 g/mol. The van der Waals surface area contributed by atoms with Crippen LogP contribution in [0.2, 0.25) is 0 Å². The van der Waals surface area contributed by atoms with Crippen molar-refractivity contribution in [1.29, 1.82) is 0 Å². The summed E-state index contributed by atoms with van der Waals surface area (Å²) < 4.78 is 17.3. The molecule has 1 heterocycles. The molecule has 1 atom stereocenters. The minimum atomic E-state index is 0. The van der Waals surface area contributed by atoms with E-state index in [0.717, 1.165) is 43.1 Å². The summed E-state index contributed by atoms with van der Waals surface area (Å²) >= 11 is 0. The second-order valence-electron chi connectivity index (χ2n) is 6.83. The van der Waals surface area contributed by atoms with Crippen LogP contribution >= 0.6 is 12.4 Å². The first kappa shape index (κ1) is 23.3. The second-order valence-corrected chi connectivity index (χ2v) is 6.83. The Kier molecular flexibility index (Phi) is 9.54. The molecule has 29 heavy (non-hydrogen) atoms. The van der Waals surface area contributed by atoms with E-state index in [0.29, 0.717) is 24.5 Å². The molecule has 0 bridgehead atoms. The lowest BCUT2D eigenvalue weighted by molar-refractivity contribution is 0.137. The molecule has 160 valence electrons. The molecule has 2 aromatic rings. The lowest BCUT2D eigenvalue weighted by Gasteiger charge is -2.36. The number of nitrogens with zero attached hydrogens (tertiary/aromatic N) is 1. The van der Waals surface area contributed by atoms with E-state index in [1.807, 2.05) is 42.5 Å². The van der Waals surface area contributed by atoms with Gasteiger partial charge < -0.3 is 24.6 Å². The number of aliphatic hydroxyl groups is 1. The van der Waals surface area contributed by atoms with Crippen LogP contribution < -0.4 is 19.5 Å². The second kappa shape index (κ2) is 11.9. The fourth-order valence-electron chi connectivity index (χ4n) is 3.65. The number of halogens is 1. The number of methoxy groups -OCH3 is 2. The maximum Gasteiger partial charge on any atom is 0.164 e. The molecule has 0 amide bonds. The van der Waals surface area contributed by atoms with Gasteiger partial charge in [0.2, 0.25) is 0 Å². The van der Waals surface area contributed by atoms with Crippen molar-refractivity contribution in [1.82, 2.24) is 10.2 Å². The third kappa shape index (κ3) is 6.00. The van der Waals surface area contributed by atoms with E-state index in [4.69, 9.17) is 14.2 Å². The highest BCUT2D eigenvalue weighted by Crippen LogP contribution is 2.40. The third-order valence-electron chi connectivity index (χ3n) is 5.11. The van der Waals surface area contributed by atoms with Gasteiger partial charge in [0.05, 0.1) is 14.2 Å². The van der Waals surface area contributed by atoms with Gasteiger partial charge >= 0.3 is 0 Å². The van der Waals surface area contributed by atoms with Gasteiger partial charge in [0.25, 0.3) is 0 Å². The zero-order chi connectivity index (χ0) is 19.8. The predicted molar refractivity (Wildman–Crippen MR) is 116 cm³/mol. The summed E-state index contributed by atoms with van der Waals surface area (Å²) in [6.45, 7) is 4.32. The molecule has 1 fully saturated rings. The molecule has 0 saturated carbocycles. The molecule has 6 nitrogen and oxygen atoms in total. The van der Waals surface area contributed by atoms with Crippen LogP contribution in [-0.2, 0) is 6.61 Å². The molecule has 3 rings (SSSR count). The van der Waals surface area contributed by atoms with Crippen LogP contribution in [0.1, 0.15) is 23.6 Å². The Bertz CT molecular complexity index is 739. The highest BCUT2D eigenvalue weighted by molar-refractivity contribution is 5.85. The highest BCUT2D eigenvalue weighted by atomic mass is 35.5. The molecule has 1 aliphatic rings. The monoisotopic (exact) mass is 422 g/mol. The first-order valence-electron chi connectivity index (χ1n) is 9.75. The number of nitrogens with one attached hydrogen (secondary N) is 1. The highest BCUT2D eigenvalue weighted by Gasteiger charge is 2.26. The third-order valence-corrected chi connectivity index (χ3v) is 5.11. The lowest BCUT2D eigenvalue weighted by atomic mass is 9.99. The van der Waals surface area contributed by atoms with Crippen molar-refractivity contribution < 1.29 is 19.3 Å². The van der Waals surface area contributed by atoms with Crippen LogP contribution in [0, 0.1) is 0 Å². The maximum atomic E-state index is 9.72. The van der Waals surface area contributed by atoms with Crippen LogP contribution in [0.15, 0.2) is 42.5 Å². The van der Waals surface area contributed by atoms with Gasteiger partial charge in [-0.3, -0.25) is 4.90 Å². The minimum absolute atomic E-state index is 0. The van der Waals surface area contributed by atoms with Crippen LogP contribution in [-0.4, -0.2) is 57.0 Å². The molecule has 0 unspecified atom stereocenters. The standard InChI is InChI=1S/C22H30N2O4.ClH/c1-26-21-14-18(19(8-13-25)24-11-9-23-10-12-24)20(15-22(21)27-2)28-16-17-6-4-3-5-7-17;/h3-7,14-15,19,23,25H,8-13,16H2,1-2H3;1H/t19-;/m1./s1. The first-order valence-corrected chi connectivity index (χ1v) is 9.75. The molecule has 0 radical (unpaired) electrons. The smallest absolute Gasteiger partial charge is 0.164 e. The topological polar surface area (TPSA) is 63.2 Å². The first-order chi connectivity index (χ1) is 13.8. The minimum Gasteiger partial charge on any atom is -0.493 e. The molecule has 1 aliphatic heterocycles. The summed E-state index contributed by atoms with van der Waals surface area (Å²) in [4.78, 5) is 2.39. The van der Waals surface area contributed by atoms with Crippen LogP contribution in [0.5, 0.6) is 17.2 Å². The van der Waals surface area contributed by atoms with Crippen molar-refractivity contribution in [2.45, 2.75) is 19.1 Å². The molecule has 2 N–H and O–H groups in total. The van der Waals surface area contributed by atoms with Crippen LogP contribution in [0.25, 0.3) is 0 Å². The summed E-state index contributed by atoms with van der Waals surface area (Å²) in [6.07, 6.45) is 0.636. The van der Waals surface area contributed by atoms with Crippen LogP contribution in [0.3, 0.4) is 0 Å². The van der Waals surface area contributed by atoms with E-state index in [-0.39, 0.29) is 25.1 Å². The van der Waals surface area contributed by atoms with E-state index >= 15 is 0 Å². The maximum absolute atomic E-state index is 9.72. The summed E-state index contributed by atoms with van der Waals surface area (Å²) in [5.41, 5.74) is 2.12. The number of piperazine rings is 1. The summed E-state index contributed by atoms with van der Waals surface area (Å²) in [5.74, 6) is 2.07. The van der Waals surface area contributed by atoms with E-state index in [2.05, 4.69) is 10.2 Å². The number of benzene rings is 2. The normalized spacial score (nSPS) is 15.3. The molecule has 1 saturated heterocycles. The van der Waals surface area contributed by atoms with Crippen molar-refractivity contribution in [2.75, 3.05) is 47.0 Å². The Morgan fingerprint density at radius 1 is 1.00 bits per heavy atom. The predicted octanol–water partition coefficient (Wildman–Crippen LogP) is 3.03. The Balaban J connectivity index is 0.00000300. The molecular formula is C22H31ClN2O4. The number of hydrogen-bond acceptors (Lipinski definition) is 6.